The van der Waals surface area contributed by atoms with Crippen molar-refractivity contribution < 1.29 is 14.7 Å². The van der Waals surface area contributed by atoms with Crippen molar-refractivity contribution in [1.29, 1.82) is 0 Å². The number of carboxylic acids is 1. The van der Waals surface area contributed by atoms with Gasteiger partial charge in [-0.05, 0) is 39.5 Å². The summed E-state index contributed by atoms with van der Waals surface area (Å²) >= 11 is 7.76. The van der Waals surface area contributed by atoms with E-state index in [1.165, 1.54) is 17.4 Å². The van der Waals surface area contributed by atoms with Gasteiger partial charge in [0.25, 0.3) is 5.91 Å². The van der Waals surface area contributed by atoms with Crippen molar-refractivity contribution >= 4 is 60.8 Å². The van der Waals surface area contributed by atoms with Gasteiger partial charge >= 0.3 is 5.97 Å². The average Bonchev–Trinajstić information content (AvgIpc) is 2.85. The third-order valence-corrected chi connectivity index (χ3v) is 4.22. The molecule has 2 aromatic rings. The Bertz CT molecular complexity index is 641. The van der Waals surface area contributed by atoms with Gasteiger partial charge in [-0.2, -0.15) is 0 Å². The van der Waals surface area contributed by atoms with Crippen molar-refractivity contribution in [3.05, 3.63) is 49.0 Å². The first-order valence-corrected chi connectivity index (χ1v) is 7.53. The van der Waals surface area contributed by atoms with Gasteiger partial charge in [-0.1, -0.05) is 22.0 Å². The number of rotatable bonds is 3. The normalized spacial score (nSPS) is 10.2. The quantitative estimate of drug-likeness (QED) is 0.804. The van der Waals surface area contributed by atoms with Gasteiger partial charge in [0.1, 0.15) is 0 Å². The fourth-order valence-electron chi connectivity index (χ4n) is 1.45. The summed E-state index contributed by atoms with van der Waals surface area (Å²) in [5, 5.41) is 13.6. The SMILES string of the molecule is O=C(Nc1c(Br)cc(Br)cc1C(=O)O)c1cccs1. The van der Waals surface area contributed by atoms with Crippen molar-refractivity contribution in [1.82, 2.24) is 0 Å². The number of benzene rings is 1. The van der Waals surface area contributed by atoms with Gasteiger partial charge in [0.05, 0.1) is 16.1 Å². The summed E-state index contributed by atoms with van der Waals surface area (Å²) in [4.78, 5) is 23.7. The van der Waals surface area contributed by atoms with E-state index in [0.717, 1.165) is 0 Å². The molecule has 0 radical (unpaired) electrons. The van der Waals surface area contributed by atoms with E-state index in [0.29, 0.717) is 13.8 Å². The zero-order chi connectivity index (χ0) is 14.0. The monoisotopic (exact) mass is 403 g/mol. The maximum Gasteiger partial charge on any atom is 0.337 e. The van der Waals surface area contributed by atoms with E-state index in [1.807, 2.05) is 0 Å². The van der Waals surface area contributed by atoms with Crippen LogP contribution in [0.15, 0.2) is 38.6 Å². The Balaban J connectivity index is 2.39. The van der Waals surface area contributed by atoms with Gasteiger partial charge in [0.2, 0.25) is 0 Å². The second kappa shape index (κ2) is 5.85. The summed E-state index contributed by atoms with van der Waals surface area (Å²) in [6.45, 7) is 0. The molecular weight excluding hydrogens is 398 g/mol. The predicted octanol–water partition coefficient (Wildman–Crippen LogP) is 4.22. The molecule has 98 valence electrons. The molecule has 1 amide bonds. The van der Waals surface area contributed by atoms with Crippen molar-refractivity contribution in [3.63, 3.8) is 0 Å². The second-order valence-corrected chi connectivity index (χ2v) is 6.26. The van der Waals surface area contributed by atoms with Gasteiger partial charge in [0.15, 0.2) is 0 Å². The zero-order valence-electron chi connectivity index (χ0n) is 9.31. The average molecular weight is 405 g/mol. The Morgan fingerprint density at radius 3 is 2.58 bits per heavy atom. The summed E-state index contributed by atoms with van der Waals surface area (Å²) in [6.07, 6.45) is 0. The number of hydrogen-bond donors (Lipinski definition) is 2. The lowest BCUT2D eigenvalue weighted by molar-refractivity contribution is 0.0698. The first-order chi connectivity index (χ1) is 8.99. The van der Waals surface area contributed by atoms with Crippen LogP contribution in [0.2, 0.25) is 0 Å². The molecule has 0 aliphatic rings. The Morgan fingerprint density at radius 2 is 2.00 bits per heavy atom. The number of amides is 1. The molecule has 2 rings (SSSR count). The Kier molecular flexibility index (Phi) is 4.38. The standard InChI is InChI=1S/C12H7Br2NO3S/c13-6-4-7(12(17)18)10(8(14)5-6)15-11(16)9-2-1-3-19-9/h1-5H,(H,15,16)(H,17,18). The molecule has 7 heteroatoms. The highest BCUT2D eigenvalue weighted by Gasteiger charge is 2.17. The Hall–Kier alpha value is -1.18. The van der Waals surface area contributed by atoms with Crippen molar-refractivity contribution in [2.24, 2.45) is 0 Å². The van der Waals surface area contributed by atoms with Crippen LogP contribution in [0.25, 0.3) is 0 Å². The first-order valence-electron chi connectivity index (χ1n) is 5.06. The molecule has 0 saturated carbocycles. The number of nitrogens with one attached hydrogen (secondary N) is 1. The number of carboxylic acid groups (broad SMARTS) is 1. The molecule has 0 fully saturated rings. The van der Waals surface area contributed by atoms with Crippen LogP contribution in [0.5, 0.6) is 0 Å². The van der Waals surface area contributed by atoms with Crippen molar-refractivity contribution in [3.8, 4) is 0 Å². The minimum atomic E-state index is -1.11. The number of carbonyl (C=O) groups is 2. The van der Waals surface area contributed by atoms with E-state index in [-0.39, 0.29) is 17.2 Å². The lowest BCUT2D eigenvalue weighted by Gasteiger charge is -2.10. The predicted molar refractivity (Wildman–Crippen MR) is 81.1 cm³/mol. The van der Waals surface area contributed by atoms with Crippen LogP contribution in [-0.2, 0) is 0 Å². The molecule has 0 unspecified atom stereocenters. The highest BCUT2D eigenvalue weighted by molar-refractivity contribution is 9.11. The fourth-order valence-corrected chi connectivity index (χ4v) is 3.40. The van der Waals surface area contributed by atoms with Crippen LogP contribution < -0.4 is 5.32 Å². The third kappa shape index (κ3) is 3.23. The molecule has 0 spiro atoms. The molecule has 0 saturated heterocycles. The van der Waals surface area contributed by atoms with Crippen LogP contribution in [0.1, 0.15) is 20.0 Å². The Morgan fingerprint density at radius 1 is 1.26 bits per heavy atom. The number of thiophene rings is 1. The molecule has 19 heavy (non-hydrogen) atoms. The minimum Gasteiger partial charge on any atom is -0.478 e. The number of aromatic carboxylic acids is 1. The van der Waals surface area contributed by atoms with Gasteiger partial charge in [-0.25, -0.2) is 4.79 Å². The molecule has 0 bridgehead atoms. The lowest BCUT2D eigenvalue weighted by atomic mass is 10.2. The highest BCUT2D eigenvalue weighted by atomic mass is 79.9. The first kappa shape index (κ1) is 14.2. The maximum atomic E-state index is 12.0. The number of halogens is 2. The second-order valence-electron chi connectivity index (χ2n) is 3.55. The molecule has 0 aliphatic carbocycles. The summed E-state index contributed by atoms with van der Waals surface area (Å²) in [5.41, 5.74) is 0.264. The van der Waals surface area contributed by atoms with Gasteiger partial charge in [-0.15, -0.1) is 11.3 Å². The van der Waals surface area contributed by atoms with Crippen LogP contribution in [0.3, 0.4) is 0 Å². The summed E-state index contributed by atoms with van der Waals surface area (Å²) < 4.78 is 1.12. The smallest absolute Gasteiger partial charge is 0.337 e. The van der Waals surface area contributed by atoms with Crippen molar-refractivity contribution in [2.75, 3.05) is 5.32 Å². The molecule has 2 N–H and O–H groups in total. The van der Waals surface area contributed by atoms with Gasteiger partial charge < -0.3 is 10.4 Å². The summed E-state index contributed by atoms with van der Waals surface area (Å²) in [7, 11) is 0. The fraction of sp³-hybridized carbons (Fsp3) is 0. The van der Waals surface area contributed by atoms with E-state index in [2.05, 4.69) is 37.2 Å². The van der Waals surface area contributed by atoms with Gasteiger partial charge in [-0.3, -0.25) is 4.79 Å². The number of carbonyl (C=O) groups excluding carboxylic acids is 1. The van der Waals surface area contributed by atoms with E-state index in [4.69, 9.17) is 5.11 Å². The molecular formula is C12H7Br2NO3S. The van der Waals surface area contributed by atoms with E-state index >= 15 is 0 Å². The minimum absolute atomic E-state index is 0.0196. The Labute approximate surface area is 129 Å². The largest absolute Gasteiger partial charge is 0.478 e. The lowest BCUT2D eigenvalue weighted by Crippen LogP contribution is -2.14. The van der Waals surface area contributed by atoms with E-state index < -0.39 is 5.97 Å². The highest BCUT2D eigenvalue weighted by Crippen LogP contribution is 2.31. The molecule has 0 aliphatic heterocycles. The van der Waals surface area contributed by atoms with Crippen LogP contribution in [0.4, 0.5) is 5.69 Å². The molecule has 1 aromatic carbocycles. The topological polar surface area (TPSA) is 66.4 Å². The van der Waals surface area contributed by atoms with Gasteiger partial charge in [0, 0.05) is 8.95 Å². The van der Waals surface area contributed by atoms with E-state index in [1.54, 1.807) is 23.6 Å². The van der Waals surface area contributed by atoms with E-state index in [9.17, 15) is 9.59 Å². The summed E-state index contributed by atoms with van der Waals surface area (Å²) in [5.74, 6) is -1.44. The summed E-state index contributed by atoms with van der Waals surface area (Å²) in [6, 6.07) is 6.55. The molecule has 1 heterocycles. The third-order valence-electron chi connectivity index (χ3n) is 2.27. The molecule has 0 atom stereocenters. The van der Waals surface area contributed by atoms with Crippen LogP contribution in [-0.4, -0.2) is 17.0 Å². The molecule has 1 aromatic heterocycles. The number of anilines is 1. The van der Waals surface area contributed by atoms with Crippen LogP contribution >= 0.6 is 43.2 Å². The zero-order valence-corrected chi connectivity index (χ0v) is 13.3. The number of hydrogen-bond acceptors (Lipinski definition) is 3. The maximum absolute atomic E-state index is 12.0. The van der Waals surface area contributed by atoms with Crippen LogP contribution in [0, 0.1) is 0 Å². The van der Waals surface area contributed by atoms with Crippen molar-refractivity contribution in [2.45, 2.75) is 0 Å². The molecule has 4 nitrogen and oxygen atoms in total.